The van der Waals surface area contributed by atoms with Crippen LogP contribution in [0.4, 0.5) is 0 Å². The van der Waals surface area contributed by atoms with Crippen LogP contribution in [0.1, 0.15) is 29.9 Å². The molecule has 0 spiro atoms. The van der Waals surface area contributed by atoms with E-state index >= 15 is 0 Å². The van der Waals surface area contributed by atoms with Crippen molar-refractivity contribution in [3.05, 3.63) is 47.3 Å². The van der Waals surface area contributed by atoms with Crippen LogP contribution in [0.3, 0.4) is 0 Å². The van der Waals surface area contributed by atoms with Crippen LogP contribution >= 0.6 is 0 Å². The number of nitrogens with one attached hydrogen (secondary N) is 1. The summed E-state index contributed by atoms with van der Waals surface area (Å²) in [6.45, 7) is 5.66. The molecule has 1 heterocycles. The SMILES string of the molecule is Cc1cc(C)n(-c2ccc([C@@H](C)NS(N)(=O)=O)cc2)n1. The van der Waals surface area contributed by atoms with Crippen molar-refractivity contribution in [2.45, 2.75) is 26.8 Å². The topological polar surface area (TPSA) is 90.0 Å². The molecule has 0 fully saturated rings. The van der Waals surface area contributed by atoms with Gasteiger partial charge in [-0.1, -0.05) is 12.1 Å². The number of aromatic nitrogens is 2. The second-order valence-electron chi connectivity index (χ2n) is 4.81. The molecule has 0 aliphatic heterocycles. The van der Waals surface area contributed by atoms with E-state index in [1.807, 2.05) is 48.9 Å². The standard InChI is InChI=1S/C13H18N4O2S/c1-9-8-10(2)17(15-9)13-6-4-12(5-7-13)11(3)16-20(14,18)19/h4-8,11,16H,1-3H3,(H2,14,18,19)/t11-/m1/s1. The monoisotopic (exact) mass is 294 g/mol. The Kier molecular flexibility index (Phi) is 3.94. The van der Waals surface area contributed by atoms with E-state index in [4.69, 9.17) is 5.14 Å². The van der Waals surface area contributed by atoms with Gasteiger partial charge in [0.05, 0.1) is 11.4 Å². The van der Waals surface area contributed by atoms with Crippen LogP contribution in [0.2, 0.25) is 0 Å². The van der Waals surface area contributed by atoms with Crippen molar-refractivity contribution in [3.63, 3.8) is 0 Å². The Morgan fingerprint density at radius 3 is 2.30 bits per heavy atom. The highest BCUT2D eigenvalue weighted by Crippen LogP contribution is 2.17. The average molecular weight is 294 g/mol. The van der Waals surface area contributed by atoms with E-state index in [2.05, 4.69) is 9.82 Å². The first kappa shape index (κ1) is 14.7. The van der Waals surface area contributed by atoms with Gasteiger partial charge in [-0.05, 0) is 44.5 Å². The van der Waals surface area contributed by atoms with Gasteiger partial charge in [0.15, 0.2) is 0 Å². The highest BCUT2D eigenvalue weighted by molar-refractivity contribution is 7.87. The maximum absolute atomic E-state index is 11.0. The van der Waals surface area contributed by atoms with Gasteiger partial charge in [-0.2, -0.15) is 18.2 Å². The van der Waals surface area contributed by atoms with E-state index in [9.17, 15) is 8.42 Å². The minimum atomic E-state index is -3.70. The molecule has 3 N–H and O–H groups in total. The van der Waals surface area contributed by atoms with Crippen LogP contribution in [0, 0.1) is 13.8 Å². The molecule has 108 valence electrons. The van der Waals surface area contributed by atoms with Crippen LogP contribution in [0.25, 0.3) is 5.69 Å². The molecule has 0 radical (unpaired) electrons. The van der Waals surface area contributed by atoms with Crippen LogP contribution in [0.15, 0.2) is 30.3 Å². The first-order valence-electron chi connectivity index (χ1n) is 6.20. The maximum atomic E-state index is 11.0. The predicted molar refractivity (Wildman–Crippen MR) is 77.7 cm³/mol. The lowest BCUT2D eigenvalue weighted by molar-refractivity contribution is 0.568. The zero-order valence-corrected chi connectivity index (χ0v) is 12.5. The quantitative estimate of drug-likeness (QED) is 0.891. The third-order valence-electron chi connectivity index (χ3n) is 2.99. The normalized spacial score (nSPS) is 13.4. The van der Waals surface area contributed by atoms with Crippen molar-refractivity contribution in [1.82, 2.24) is 14.5 Å². The van der Waals surface area contributed by atoms with E-state index in [1.165, 1.54) is 0 Å². The van der Waals surface area contributed by atoms with Crippen LogP contribution < -0.4 is 9.86 Å². The summed E-state index contributed by atoms with van der Waals surface area (Å²) in [5, 5.41) is 9.36. The highest BCUT2D eigenvalue weighted by atomic mass is 32.2. The summed E-state index contributed by atoms with van der Waals surface area (Å²) in [5.41, 5.74) is 3.77. The molecule has 0 saturated carbocycles. The first-order valence-corrected chi connectivity index (χ1v) is 7.74. The minimum Gasteiger partial charge on any atom is -0.238 e. The fourth-order valence-corrected chi connectivity index (χ4v) is 2.74. The van der Waals surface area contributed by atoms with Gasteiger partial charge in [0, 0.05) is 11.7 Å². The Bertz CT molecular complexity index is 704. The number of hydrogen-bond acceptors (Lipinski definition) is 3. The summed E-state index contributed by atoms with van der Waals surface area (Å²) < 4.78 is 26.2. The Morgan fingerprint density at radius 2 is 1.85 bits per heavy atom. The van der Waals surface area contributed by atoms with Crippen molar-refractivity contribution in [3.8, 4) is 5.69 Å². The van der Waals surface area contributed by atoms with Crippen molar-refractivity contribution >= 4 is 10.2 Å². The van der Waals surface area contributed by atoms with E-state index in [0.717, 1.165) is 22.6 Å². The molecule has 7 heteroatoms. The Balaban J connectivity index is 2.24. The molecule has 2 aromatic rings. The molecule has 1 atom stereocenters. The van der Waals surface area contributed by atoms with Gasteiger partial charge in [-0.15, -0.1) is 0 Å². The number of hydrogen-bond donors (Lipinski definition) is 2. The molecule has 0 unspecified atom stereocenters. The molecule has 0 bridgehead atoms. The van der Waals surface area contributed by atoms with Gasteiger partial charge in [-0.25, -0.2) is 9.82 Å². The van der Waals surface area contributed by atoms with Crippen molar-refractivity contribution < 1.29 is 8.42 Å². The Morgan fingerprint density at radius 1 is 1.25 bits per heavy atom. The van der Waals surface area contributed by atoms with Crippen LogP contribution in [-0.2, 0) is 10.2 Å². The molecule has 0 aliphatic rings. The molecule has 0 aliphatic carbocycles. The summed E-state index contributed by atoms with van der Waals surface area (Å²) in [4.78, 5) is 0. The second-order valence-corrected chi connectivity index (χ2v) is 6.14. The van der Waals surface area contributed by atoms with Gasteiger partial charge < -0.3 is 0 Å². The summed E-state index contributed by atoms with van der Waals surface area (Å²) in [5.74, 6) is 0. The molecular weight excluding hydrogens is 276 g/mol. The van der Waals surface area contributed by atoms with E-state index < -0.39 is 10.2 Å². The van der Waals surface area contributed by atoms with Crippen LogP contribution in [-0.4, -0.2) is 18.2 Å². The Hall–Kier alpha value is -1.70. The molecule has 20 heavy (non-hydrogen) atoms. The predicted octanol–water partition coefficient (Wildman–Crippen LogP) is 1.34. The molecular formula is C13H18N4O2S. The van der Waals surface area contributed by atoms with Crippen LogP contribution in [0.5, 0.6) is 0 Å². The lowest BCUT2D eigenvalue weighted by Crippen LogP contribution is -2.32. The third-order valence-corrected chi connectivity index (χ3v) is 3.67. The van der Waals surface area contributed by atoms with Gasteiger partial charge in [0.2, 0.25) is 0 Å². The smallest absolute Gasteiger partial charge is 0.238 e. The van der Waals surface area contributed by atoms with Gasteiger partial charge in [-0.3, -0.25) is 0 Å². The van der Waals surface area contributed by atoms with Gasteiger partial charge in [0.25, 0.3) is 10.2 Å². The zero-order chi connectivity index (χ0) is 14.9. The molecule has 0 saturated heterocycles. The summed E-state index contributed by atoms with van der Waals surface area (Å²) in [6.07, 6.45) is 0. The van der Waals surface area contributed by atoms with Gasteiger partial charge in [0.1, 0.15) is 0 Å². The number of nitrogens with zero attached hydrogens (tertiary/aromatic N) is 2. The molecule has 1 aromatic heterocycles. The fourth-order valence-electron chi connectivity index (χ4n) is 2.11. The van der Waals surface area contributed by atoms with E-state index in [1.54, 1.807) is 6.92 Å². The number of rotatable bonds is 4. The second kappa shape index (κ2) is 5.35. The van der Waals surface area contributed by atoms with Crippen molar-refractivity contribution in [1.29, 1.82) is 0 Å². The zero-order valence-electron chi connectivity index (χ0n) is 11.7. The number of benzene rings is 1. The first-order chi connectivity index (χ1) is 9.26. The van der Waals surface area contributed by atoms with E-state index in [-0.39, 0.29) is 6.04 Å². The molecule has 1 aromatic carbocycles. The third kappa shape index (κ3) is 3.44. The van der Waals surface area contributed by atoms with Crippen molar-refractivity contribution in [2.24, 2.45) is 5.14 Å². The Labute approximate surface area is 118 Å². The van der Waals surface area contributed by atoms with Gasteiger partial charge >= 0.3 is 0 Å². The van der Waals surface area contributed by atoms with E-state index in [0.29, 0.717) is 0 Å². The van der Waals surface area contributed by atoms with Crippen molar-refractivity contribution in [2.75, 3.05) is 0 Å². The molecule has 2 rings (SSSR count). The summed E-state index contributed by atoms with van der Waals surface area (Å²) >= 11 is 0. The summed E-state index contributed by atoms with van der Waals surface area (Å²) in [6, 6.07) is 9.13. The minimum absolute atomic E-state index is 0.375. The molecule has 6 nitrogen and oxygen atoms in total. The lowest BCUT2D eigenvalue weighted by atomic mass is 10.1. The fraction of sp³-hybridized carbons (Fsp3) is 0.308. The average Bonchev–Trinajstić information content (AvgIpc) is 2.66. The molecule has 0 amide bonds. The summed E-state index contributed by atoms with van der Waals surface area (Å²) in [7, 11) is -3.70. The maximum Gasteiger partial charge on any atom is 0.274 e. The number of aryl methyl sites for hydroxylation is 2. The highest BCUT2D eigenvalue weighted by Gasteiger charge is 2.11. The number of nitrogens with two attached hydrogens (primary N) is 1. The largest absolute Gasteiger partial charge is 0.274 e. The lowest BCUT2D eigenvalue weighted by Gasteiger charge is -2.13.